The van der Waals surface area contributed by atoms with Gasteiger partial charge in [0.1, 0.15) is 24.5 Å². The van der Waals surface area contributed by atoms with Gasteiger partial charge in [0.25, 0.3) is 0 Å². The van der Waals surface area contributed by atoms with Gasteiger partial charge in [-0.1, -0.05) is 12.1 Å². The van der Waals surface area contributed by atoms with Gasteiger partial charge in [-0.3, -0.25) is 9.36 Å². The van der Waals surface area contributed by atoms with Crippen molar-refractivity contribution in [3.8, 4) is 0 Å². The van der Waals surface area contributed by atoms with Crippen LogP contribution in [-0.2, 0) is 16.1 Å². The molecule has 5 rings (SSSR count). The average molecular weight is 424 g/mol. The first kappa shape index (κ1) is 19.6. The van der Waals surface area contributed by atoms with Crippen LogP contribution in [0.25, 0.3) is 11.1 Å². The molecule has 2 aromatic heterocycles. The Morgan fingerprint density at radius 2 is 1.61 bits per heavy atom. The summed E-state index contributed by atoms with van der Waals surface area (Å²) in [4.78, 5) is 40.0. The fourth-order valence-electron chi connectivity index (χ4n) is 4.06. The van der Waals surface area contributed by atoms with Crippen LogP contribution in [0.15, 0.2) is 45.9 Å². The predicted octanol–water partition coefficient (Wildman–Crippen LogP) is 0.570. The van der Waals surface area contributed by atoms with Gasteiger partial charge in [0.15, 0.2) is 5.58 Å². The van der Waals surface area contributed by atoms with Crippen molar-refractivity contribution in [3.63, 3.8) is 0 Å². The smallest absolute Gasteiger partial charge is 0.408 e. The van der Waals surface area contributed by atoms with E-state index in [9.17, 15) is 9.59 Å². The van der Waals surface area contributed by atoms with Crippen LogP contribution in [0.1, 0.15) is 0 Å². The number of carbonyl (C=O) groups excluding carboxylic acids is 1. The van der Waals surface area contributed by atoms with Crippen LogP contribution in [0.3, 0.4) is 0 Å². The van der Waals surface area contributed by atoms with Crippen molar-refractivity contribution in [1.29, 1.82) is 0 Å². The van der Waals surface area contributed by atoms with Crippen LogP contribution in [-0.4, -0.2) is 77.8 Å². The predicted molar refractivity (Wildman–Crippen MR) is 114 cm³/mol. The van der Waals surface area contributed by atoms with E-state index in [2.05, 4.69) is 19.8 Å². The molecule has 1 amide bonds. The number of oxazole rings is 1. The number of anilines is 2. The lowest BCUT2D eigenvalue weighted by atomic mass is 10.3. The summed E-state index contributed by atoms with van der Waals surface area (Å²) in [6.07, 6.45) is 1.59. The van der Waals surface area contributed by atoms with Crippen LogP contribution in [0.5, 0.6) is 0 Å². The van der Waals surface area contributed by atoms with Gasteiger partial charge in [-0.15, -0.1) is 0 Å². The number of amides is 1. The van der Waals surface area contributed by atoms with Gasteiger partial charge in [-0.25, -0.2) is 14.8 Å². The highest BCUT2D eigenvalue weighted by molar-refractivity contribution is 5.79. The van der Waals surface area contributed by atoms with Crippen molar-refractivity contribution in [2.75, 3.05) is 62.3 Å². The second-order valence-electron chi connectivity index (χ2n) is 7.62. The van der Waals surface area contributed by atoms with E-state index in [1.165, 1.54) is 4.57 Å². The van der Waals surface area contributed by atoms with Crippen LogP contribution >= 0.6 is 0 Å². The number of rotatable bonds is 4. The second-order valence-corrected chi connectivity index (χ2v) is 7.62. The van der Waals surface area contributed by atoms with E-state index in [4.69, 9.17) is 9.15 Å². The fraction of sp³-hybridized carbons (Fsp3) is 0.429. The van der Waals surface area contributed by atoms with Crippen molar-refractivity contribution in [3.05, 3.63) is 47.2 Å². The summed E-state index contributed by atoms with van der Waals surface area (Å²) in [5, 5.41) is 0. The SMILES string of the molecule is O=C(Cn1c(=O)oc2ccccc21)N1CCN(c2cc(N3CCOCC3)ncn2)CC1. The largest absolute Gasteiger partial charge is 0.420 e. The number of ether oxygens (including phenoxy) is 1. The maximum absolute atomic E-state index is 12.8. The van der Waals surface area contributed by atoms with E-state index in [-0.39, 0.29) is 12.5 Å². The molecule has 0 aliphatic carbocycles. The lowest BCUT2D eigenvalue weighted by Gasteiger charge is -2.36. The van der Waals surface area contributed by atoms with E-state index in [1.807, 2.05) is 12.1 Å². The monoisotopic (exact) mass is 424 g/mol. The van der Waals surface area contributed by atoms with Gasteiger partial charge in [0.2, 0.25) is 5.91 Å². The first-order valence-corrected chi connectivity index (χ1v) is 10.4. The molecule has 2 fully saturated rings. The second kappa shape index (κ2) is 8.38. The molecule has 0 bridgehead atoms. The zero-order valence-corrected chi connectivity index (χ0v) is 17.1. The quantitative estimate of drug-likeness (QED) is 0.600. The number of hydrogen-bond donors (Lipinski definition) is 0. The summed E-state index contributed by atoms with van der Waals surface area (Å²) in [6, 6.07) is 9.13. The van der Waals surface area contributed by atoms with E-state index < -0.39 is 5.76 Å². The molecule has 162 valence electrons. The van der Waals surface area contributed by atoms with E-state index in [0.29, 0.717) is 50.5 Å². The number of hydrogen-bond acceptors (Lipinski definition) is 8. The maximum Gasteiger partial charge on any atom is 0.420 e. The summed E-state index contributed by atoms with van der Waals surface area (Å²) in [5.74, 6) is 1.16. The van der Waals surface area contributed by atoms with Crippen LogP contribution in [0.2, 0.25) is 0 Å². The maximum atomic E-state index is 12.8. The summed E-state index contributed by atoms with van der Waals surface area (Å²) < 4.78 is 12.0. The van der Waals surface area contributed by atoms with Gasteiger partial charge < -0.3 is 23.9 Å². The molecule has 10 heteroatoms. The Hall–Kier alpha value is -3.40. The van der Waals surface area contributed by atoms with Crippen LogP contribution < -0.4 is 15.6 Å². The molecule has 0 unspecified atom stereocenters. The third-order valence-corrected chi connectivity index (χ3v) is 5.80. The van der Waals surface area contributed by atoms with E-state index >= 15 is 0 Å². The number of piperazine rings is 1. The topological polar surface area (TPSA) is 96.9 Å². The first-order valence-electron chi connectivity index (χ1n) is 10.4. The number of morpholine rings is 1. The molecule has 2 aliphatic rings. The Balaban J connectivity index is 1.23. The van der Waals surface area contributed by atoms with Gasteiger partial charge in [-0.05, 0) is 12.1 Å². The third-order valence-electron chi connectivity index (χ3n) is 5.80. The van der Waals surface area contributed by atoms with Gasteiger partial charge in [0.05, 0.1) is 18.7 Å². The molecule has 31 heavy (non-hydrogen) atoms. The van der Waals surface area contributed by atoms with E-state index in [1.54, 1.807) is 29.4 Å². The Bertz CT molecular complexity index is 1130. The molecule has 4 heterocycles. The Labute approximate surface area is 178 Å². The molecular formula is C21H24N6O4. The number of aromatic nitrogens is 3. The van der Waals surface area contributed by atoms with Crippen LogP contribution in [0, 0.1) is 0 Å². The fourth-order valence-corrected chi connectivity index (χ4v) is 4.06. The minimum Gasteiger partial charge on any atom is -0.408 e. The van der Waals surface area contributed by atoms with Crippen molar-refractivity contribution in [2.45, 2.75) is 6.54 Å². The van der Waals surface area contributed by atoms with Crippen molar-refractivity contribution in [2.24, 2.45) is 0 Å². The molecule has 2 saturated heterocycles. The van der Waals surface area contributed by atoms with Crippen molar-refractivity contribution in [1.82, 2.24) is 19.4 Å². The summed E-state index contributed by atoms with van der Waals surface area (Å²) >= 11 is 0. The van der Waals surface area contributed by atoms with Gasteiger partial charge in [-0.2, -0.15) is 0 Å². The van der Waals surface area contributed by atoms with Crippen LogP contribution in [0.4, 0.5) is 11.6 Å². The van der Waals surface area contributed by atoms with Crippen molar-refractivity contribution < 1.29 is 13.9 Å². The normalized spacial score (nSPS) is 17.4. The van der Waals surface area contributed by atoms with Crippen molar-refractivity contribution >= 4 is 28.6 Å². The molecule has 10 nitrogen and oxygen atoms in total. The molecule has 0 radical (unpaired) electrons. The Morgan fingerprint density at radius 1 is 0.935 bits per heavy atom. The van der Waals surface area contributed by atoms with E-state index in [0.717, 1.165) is 24.7 Å². The lowest BCUT2D eigenvalue weighted by Crippen LogP contribution is -2.50. The molecule has 1 aromatic carbocycles. The molecule has 0 atom stereocenters. The summed E-state index contributed by atoms with van der Waals surface area (Å²) in [7, 11) is 0. The highest BCUT2D eigenvalue weighted by Crippen LogP contribution is 2.20. The molecule has 3 aromatic rings. The zero-order chi connectivity index (χ0) is 21.2. The summed E-state index contributed by atoms with van der Waals surface area (Å²) in [6.45, 7) is 5.51. The number of fused-ring (bicyclic) bond motifs is 1. The molecule has 0 spiro atoms. The molecule has 2 aliphatic heterocycles. The van der Waals surface area contributed by atoms with Gasteiger partial charge in [0, 0.05) is 45.3 Å². The lowest BCUT2D eigenvalue weighted by molar-refractivity contribution is -0.132. The molecular weight excluding hydrogens is 400 g/mol. The average Bonchev–Trinajstić information content (AvgIpc) is 3.15. The standard InChI is InChI=1S/C21H24N6O4/c28-20(14-27-16-3-1-2-4-17(16)31-21(27)29)26-7-5-24(6-8-26)18-13-19(23-15-22-18)25-9-11-30-12-10-25/h1-4,13,15H,5-12,14H2. The number of carbonyl (C=O) groups is 1. The highest BCUT2D eigenvalue weighted by Gasteiger charge is 2.24. The Morgan fingerprint density at radius 3 is 2.35 bits per heavy atom. The minimum atomic E-state index is -0.509. The zero-order valence-electron chi connectivity index (χ0n) is 17.1. The number of nitrogens with zero attached hydrogens (tertiary/aromatic N) is 6. The molecule has 0 saturated carbocycles. The number of benzene rings is 1. The first-order chi connectivity index (χ1) is 15.2. The minimum absolute atomic E-state index is 0.0233. The molecule has 0 N–H and O–H groups in total. The highest BCUT2D eigenvalue weighted by atomic mass is 16.5. The summed E-state index contributed by atoms with van der Waals surface area (Å²) in [5.41, 5.74) is 1.13. The number of para-hydroxylation sites is 2. The Kier molecular flexibility index (Phi) is 5.29. The third kappa shape index (κ3) is 3.98. The van der Waals surface area contributed by atoms with Gasteiger partial charge >= 0.3 is 5.76 Å².